The number of halogens is 4. The molecule has 0 bridgehead atoms. The first-order chi connectivity index (χ1) is 7.88. The molecule has 0 atom stereocenters. The van der Waals surface area contributed by atoms with Gasteiger partial charge in [0.2, 0.25) is 5.13 Å². The lowest BCUT2D eigenvalue weighted by Gasteiger charge is -2.08. The van der Waals surface area contributed by atoms with E-state index in [4.69, 9.17) is 5.73 Å². The van der Waals surface area contributed by atoms with Crippen molar-refractivity contribution >= 4 is 39.1 Å². The molecule has 0 aliphatic carbocycles. The van der Waals surface area contributed by atoms with Crippen molar-refractivity contribution in [3.05, 3.63) is 27.3 Å². The zero-order valence-electron chi connectivity index (χ0n) is 8.12. The summed E-state index contributed by atoms with van der Waals surface area (Å²) in [6.07, 6.45) is -4.37. The number of hydrogen-bond acceptors (Lipinski definition) is 4. The molecule has 0 unspecified atom stereocenters. The van der Waals surface area contributed by atoms with Crippen LogP contribution in [0.3, 0.4) is 0 Å². The van der Waals surface area contributed by atoms with Crippen LogP contribution >= 0.6 is 33.9 Å². The second-order valence-electron chi connectivity index (χ2n) is 3.14. The number of alkyl halides is 3. The molecule has 0 radical (unpaired) electrons. The number of nitrogens with two attached hydrogens (primary N) is 1. The molecule has 0 aliphatic rings. The molecule has 0 saturated heterocycles. The summed E-state index contributed by atoms with van der Waals surface area (Å²) in [5, 5.41) is 7.95. The molecule has 90 valence electrons. The molecule has 2 N–H and O–H groups in total. The fraction of sp³-hybridized carbons (Fsp3) is 0.111. The minimum Gasteiger partial charge on any atom is -0.374 e. The third-order valence-corrected chi connectivity index (χ3v) is 3.69. The second kappa shape index (κ2) is 4.41. The lowest BCUT2D eigenvalue weighted by atomic mass is 10.1. The molecule has 1 heterocycles. The SMILES string of the molecule is Nc1nnc(-c2cc(C(F)(F)F)ccc2I)s1. The van der Waals surface area contributed by atoms with Crippen LogP contribution in [0, 0.1) is 3.57 Å². The first kappa shape index (κ1) is 12.6. The lowest BCUT2D eigenvalue weighted by Crippen LogP contribution is -2.05. The van der Waals surface area contributed by atoms with Crippen LogP contribution in [0.4, 0.5) is 18.3 Å². The number of nitrogens with zero attached hydrogens (tertiary/aromatic N) is 2. The number of aromatic nitrogens is 2. The Kier molecular flexibility index (Phi) is 3.25. The van der Waals surface area contributed by atoms with Crippen molar-refractivity contribution < 1.29 is 13.2 Å². The van der Waals surface area contributed by atoms with Gasteiger partial charge < -0.3 is 5.73 Å². The maximum absolute atomic E-state index is 12.6. The summed E-state index contributed by atoms with van der Waals surface area (Å²) in [5.74, 6) is 0. The summed E-state index contributed by atoms with van der Waals surface area (Å²) in [6, 6.07) is 3.49. The molecule has 0 aliphatic heterocycles. The van der Waals surface area contributed by atoms with Gasteiger partial charge in [0.05, 0.1) is 5.56 Å². The van der Waals surface area contributed by atoms with Gasteiger partial charge in [0.1, 0.15) is 0 Å². The maximum atomic E-state index is 12.6. The van der Waals surface area contributed by atoms with Gasteiger partial charge in [-0.3, -0.25) is 0 Å². The minimum atomic E-state index is -4.37. The van der Waals surface area contributed by atoms with Crippen LogP contribution in [0.5, 0.6) is 0 Å². The van der Waals surface area contributed by atoms with Gasteiger partial charge in [-0.05, 0) is 40.8 Å². The van der Waals surface area contributed by atoms with Gasteiger partial charge in [0.25, 0.3) is 0 Å². The topological polar surface area (TPSA) is 51.8 Å². The predicted molar refractivity (Wildman–Crippen MR) is 67.5 cm³/mol. The molecule has 8 heteroatoms. The Hall–Kier alpha value is -0.900. The Morgan fingerprint density at radius 1 is 1.24 bits per heavy atom. The molecule has 3 nitrogen and oxygen atoms in total. The van der Waals surface area contributed by atoms with Gasteiger partial charge in [-0.2, -0.15) is 13.2 Å². The Bertz CT molecular complexity index is 553. The third-order valence-electron chi connectivity index (χ3n) is 1.96. The van der Waals surface area contributed by atoms with Gasteiger partial charge in [-0.25, -0.2) is 0 Å². The highest BCUT2D eigenvalue weighted by molar-refractivity contribution is 14.1. The maximum Gasteiger partial charge on any atom is 0.416 e. The predicted octanol–water partition coefficient (Wildman–Crippen LogP) is 3.41. The summed E-state index contributed by atoms with van der Waals surface area (Å²) in [7, 11) is 0. The first-order valence-corrected chi connectivity index (χ1v) is 6.23. The molecule has 0 fully saturated rings. The largest absolute Gasteiger partial charge is 0.416 e. The number of anilines is 1. The van der Waals surface area contributed by atoms with Gasteiger partial charge in [-0.15, -0.1) is 10.2 Å². The fourth-order valence-corrected chi connectivity index (χ4v) is 2.62. The highest BCUT2D eigenvalue weighted by atomic mass is 127. The summed E-state index contributed by atoms with van der Waals surface area (Å²) < 4.78 is 38.4. The van der Waals surface area contributed by atoms with Crippen molar-refractivity contribution in [3.8, 4) is 10.6 Å². The number of hydrogen-bond donors (Lipinski definition) is 1. The first-order valence-electron chi connectivity index (χ1n) is 4.34. The highest BCUT2D eigenvalue weighted by Gasteiger charge is 2.31. The molecule has 0 saturated carbocycles. The monoisotopic (exact) mass is 371 g/mol. The number of nitrogen functional groups attached to an aromatic ring is 1. The van der Waals surface area contributed by atoms with E-state index in [9.17, 15) is 13.2 Å². The van der Waals surface area contributed by atoms with E-state index >= 15 is 0 Å². The average Bonchev–Trinajstić information content (AvgIpc) is 2.63. The van der Waals surface area contributed by atoms with Crippen LogP contribution in [0.1, 0.15) is 5.56 Å². The van der Waals surface area contributed by atoms with Gasteiger partial charge in [0.15, 0.2) is 5.01 Å². The van der Waals surface area contributed by atoms with Crippen LogP contribution in [0.15, 0.2) is 18.2 Å². The molecule has 17 heavy (non-hydrogen) atoms. The van der Waals surface area contributed by atoms with Crippen molar-refractivity contribution in [3.63, 3.8) is 0 Å². The zero-order valence-corrected chi connectivity index (χ0v) is 11.1. The molecule has 2 aromatic rings. The van der Waals surface area contributed by atoms with Gasteiger partial charge >= 0.3 is 6.18 Å². The summed E-state index contributed by atoms with van der Waals surface area (Å²) >= 11 is 3.01. The van der Waals surface area contributed by atoms with E-state index in [1.165, 1.54) is 6.07 Å². The average molecular weight is 371 g/mol. The quantitative estimate of drug-likeness (QED) is 0.782. The molecule has 1 aromatic heterocycles. The molecule has 1 aromatic carbocycles. The Labute approximate surface area is 112 Å². The molecule has 0 amide bonds. The summed E-state index contributed by atoms with van der Waals surface area (Å²) in [4.78, 5) is 0. The standard InChI is InChI=1S/C9H5F3IN3S/c10-9(11,12)4-1-2-6(13)5(3-4)7-15-16-8(14)17-7/h1-3H,(H2,14,16). The van der Waals surface area contributed by atoms with Crippen LogP contribution in [0.25, 0.3) is 10.6 Å². The van der Waals surface area contributed by atoms with E-state index in [1.54, 1.807) is 0 Å². The number of rotatable bonds is 1. The van der Waals surface area contributed by atoms with E-state index in [1.807, 2.05) is 22.6 Å². The Balaban J connectivity index is 2.54. The van der Waals surface area contributed by atoms with E-state index in [0.29, 0.717) is 14.1 Å². The minimum absolute atomic E-state index is 0.230. The van der Waals surface area contributed by atoms with Crippen molar-refractivity contribution in [2.24, 2.45) is 0 Å². The lowest BCUT2D eigenvalue weighted by molar-refractivity contribution is -0.137. The van der Waals surface area contributed by atoms with Crippen molar-refractivity contribution in [2.75, 3.05) is 5.73 Å². The third kappa shape index (κ3) is 2.68. The van der Waals surface area contributed by atoms with E-state index in [-0.39, 0.29) is 5.13 Å². The Morgan fingerprint density at radius 2 is 1.94 bits per heavy atom. The second-order valence-corrected chi connectivity index (χ2v) is 5.31. The van der Waals surface area contributed by atoms with Crippen molar-refractivity contribution in [2.45, 2.75) is 6.18 Å². The smallest absolute Gasteiger partial charge is 0.374 e. The van der Waals surface area contributed by atoms with Crippen molar-refractivity contribution in [1.29, 1.82) is 0 Å². The van der Waals surface area contributed by atoms with E-state index in [0.717, 1.165) is 23.5 Å². The Morgan fingerprint density at radius 3 is 2.47 bits per heavy atom. The highest BCUT2D eigenvalue weighted by Crippen LogP contribution is 2.35. The molecular weight excluding hydrogens is 366 g/mol. The molecular formula is C9H5F3IN3S. The molecule has 2 rings (SSSR count). The normalized spacial score (nSPS) is 11.8. The van der Waals surface area contributed by atoms with Crippen LogP contribution in [-0.2, 0) is 6.18 Å². The van der Waals surface area contributed by atoms with Crippen LogP contribution < -0.4 is 5.73 Å². The summed E-state index contributed by atoms with van der Waals surface area (Å²) in [6.45, 7) is 0. The van der Waals surface area contributed by atoms with Crippen LogP contribution in [-0.4, -0.2) is 10.2 Å². The van der Waals surface area contributed by atoms with E-state index < -0.39 is 11.7 Å². The van der Waals surface area contributed by atoms with E-state index in [2.05, 4.69) is 10.2 Å². The van der Waals surface area contributed by atoms with Crippen molar-refractivity contribution in [1.82, 2.24) is 10.2 Å². The van der Waals surface area contributed by atoms with Gasteiger partial charge in [0, 0.05) is 9.13 Å². The summed E-state index contributed by atoms with van der Waals surface area (Å²) in [5.41, 5.74) is 5.10. The van der Waals surface area contributed by atoms with Gasteiger partial charge in [-0.1, -0.05) is 11.3 Å². The molecule has 0 spiro atoms. The zero-order chi connectivity index (χ0) is 12.6. The fourth-order valence-electron chi connectivity index (χ4n) is 1.21. The van der Waals surface area contributed by atoms with Crippen LogP contribution in [0.2, 0.25) is 0 Å². The number of benzene rings is 1.